The van der Waals surface area contributed by atoms with E-state index in [0.717, 1.165) is 0 Å². The van der Waals surface area contributed by atoms with Crippen LogP contribution in [0, 0.1) is 0 Å². The monoisotopic (exact) mass is 289 g/mol. The van der Waals surface area contributed by atoms with E-state index in [4.69, 9.17) is 14.9 Å². The van der Waals surface area contributed by atoms with Crippen LogP contribution in [0.1, 0.15) is 47.5 Å². The van der Waals surface area contributed by atoms with Crippen LogP contribution >= 0.6 is 0 Å². The second-order valence-corrected chi connectivity index (χ2v) is 5.78. The molecule has 0 aliphatic carbocycles. The zero-order valence-corrected chi connectivity index (χ0v) is 12.5. The maximum absolute atomic E-state index is 12.1. The van der Waals surface area contributed by atoms with Gasteiger partial charge in [0.05, 0.1) is 12.8 Å². The van der Waals surface area contributed by atoms with E-state index in [9.17, 15) is 14.4 Å². The van der Waals surface area contributed by atoms with E-state index in [1.165, 1.54) is 4.90 Å². The molecule has 0 radical (unpaired) electrons. The Kier molecular flexibility index (Phi) is 6.48. The minimum Gasteiger partial charge on any atom is -0.481 e. The lowest BCUT2D eigenvalue weighted by atomic mass is 10.1. The van der Waals surface area contributed by atoms with Crippen LogP contribution in [0.3, 0.4) is 0 Å². The number of carboxylic acids is 2. The number of hydrogen-bond acceptors (Lipinski definition) is 4. The molecule has 0 bridgehead atoms. The fourth-order valence-corrected chi connectivity index (χ4v) is 1.81. The van der Waals surface area contributed by atoms with Crippen LogP contribution in [-0.2, 0) is 14.3 Å². The smallest absolute Gasteiger partial charge is 0.410 e. The van der Waals surface area contributed by atoms with Crippen molar-refractivity contribution in [3.63, 3.8) is 0 Å². The molecule has 2 atom stereocenters. The summed E-state index contributed by atoms with van der Waals surface area (Å²) in [7, 11) is 0. The molecule has 0 aromatic carbocycles. The van der Waals surface area contributed by atoms with E-state index in [0.29, 0.717) is 0 Å². The molecule has 7 nitrogen and oxygen atoms in total. The van der Waals surface area contributed by atoms with Crippen molar-refractivity contribution in [1.82, 2.24) is 4.90 Å². The number of hydrogen-bond donors (Lipinski definition) is 2. The highest BCUT2D eigenvalue weighted by Crippen LogP contribution is 2.18. The quantitative estimate of drug-likeness (QED) is 0.774. The van der Waals surface area contributed by atoms with Gasteiger partial charge in [0, 0.05) is 12.1 Å². The number of nitrogens with zero attached hydrogens (tertiary/aromatic N) is 1. The molecule has 116 valence electrons. The molecule has 7 heteroatoms. The predicted molar refractivity (Wildman–Crippen MR) is 71.5 cm³/mol. The summed E-state index contributed by atoms with van der Waals surface area (Å²) in [6.07, 6.45) is -1.26. The van der Waals surface area contributed by atoms with Gasteiger partial charge in [-0.15, -0.1) is 0 Å². The first-order valence-corrected chi connectivity index (χ1v) is 6.39. The largest absolute Gasteiger partial charge is 0.481 e. The topological polar surface area (TPSA) is 104 Å². The molecule has 0 spiro atoms. The SMILES string of the molecule is C[C@H](CC(=O)O)N(C(=O)OC(C)(C)C)[C@@H](C)CC(=O)O. The Balaban J connectivity index is 5.08. The molecular weight excluding hydrogens is 266 g/mol. The van der Waals surface area contributed by atoms with Crippen molar-refractivity contribution < 1.29 is 29.3 Å². The molecule has 0 rings (SSSR count). The number of amides is 1. The summed E-state index contributed by atoms with van der Waals surface area (Å²) < 4.78 is 5.21. The van der Waals surface area contributed by atoms with Gasteiger partial charge < -0.3 is 19.8 Å². The maximum atomic E-state index is 12.1. The summed E-state index contributed by atoms with van der Waals surface area (Å²) in [6.45, 7) is 8.17. The molecule has 20 heavy (non-hydrogen) atoms. The van der Waals surface area contributed by atoms with Crippen LogP contribution in [-0.4, -0.2) is 50.8 Å². The number of rotatable bonds is 6. The van der Waals surface area contributed by atoms with Gasteiger partial charge in [-0.3, -0.25) is 9.59 Å². The zero-order valence-electron chi connectivity index (χ0n) is 12.5. The van der Waals surface area contributed by atoms with Crippen molar-refractivity contribution in [2.75, 3.05) is 0 Å². The standard InChI is InChI=1S/C13H23NO6/c1-8(6-10(15)16)14(9(2)7-11(17)18)12(19)20-13(3,4)5/h8-9H,6-7H2,1-5H3,(H,15,16)(H,17,18)/t8-,9+. The summed E-state index contributed by atoms with van der Waals surface area (Å²) in [4.78, 5) is 34.8. The van der Waals surface area contributed by atoms with Gasteiger partial charge in [0.1, 0.15) is 5.60 Å². The Morgan fingerprint density at radius 1 is 1.00 bits per heavy atom. The number of carbonyl (C=O) groups is 3. The molecule has 0 fully saturated rings. The fourth-order valence-electron chi connectivity index (χ4n) is 1.81. The van der Waals surface area contributed by atoms with E-state index in [-0.39, 0.29) is 12.8 Å². The van der Waals surface area contributed by atoms with Crippen molar-refractivity contribution in [3.05, 3.63) is 0 Å². The van der Waals surface area contributed by atoms with Crippen LogP contribution in [0.25, 0.3) is 0 Å². The summed E-state index contributed by atoms with van der Waals surface area (Å²) in [5, 5.41) is 17.6. The van der Waals surface area contributed by atoms with Crippen molar-refractivity contribution >= 4 is 18.0 Å². The Bertz CT molecular complexity index is 352. The van der Waals surface area contributed by atoms with E-state index in [1.807, 2.05) is 0 Å². The fraction of sp³-hybridized carbons (Fsp3) is 0.769. The molecule has 0 aliphatic heterocycles. The molecule has 1 amide bonds. The lowest BCUT2D eigenvalue weighted by Gasteiger charge is -2.35. The molecule has 0 aliphatic rings. The third-order valence-corrected chi connectivity index (χ3v) is 2.49. The van der Waals surface area contributed by atoms with Crippen LogP contribution < -0.4 is 0 Å². The van der Waals surface area contributed by atoms with Gasteiger partial charge in [0.15, 0.2) is 0 Å². The normalized spacial score (nSPS) is 14.2. The second-order valence-electron chi connectivity index (χ2n) is 5.78. The van der Waals surface area contributed by atoms with Crippen LogP contribution in [0.2, 0.25) is 0 Å². The first-order valence-electron chi connectivity index (χ1n) is 6.39. The molecule has 0 aromatic heterocycles. The molecule has 2 N–H and O–H groups in total. The van der Waals surface area contributed by atoms with E-state index in [1.54, 1.807) is 34.6 Å². The molecule has 0 unspecified atom stereocenters. The Hall–Kier alpha value is -1.79. The van der Waals surface area contributed by atoms with Gasteiger partial charge in [-0.1, -0.05) is 0 Å². The van der Waals surface area contributed by atoms with E-state index < -0.39 is 35.7 Å². The first kappa shape index (κ1) is 18.2. The number of carbonyl (C=O) groups excluding carboxylic acids is 1. The van der Waals surface area contributed by atoms with Crippen molar-refractivity contribution in [1.29, 1.82) is 0 Å². The van der Waals surface area contributed by atoms with Gasteiger partial charge in [-0.05, 0) is 34.6 Å². The molecule has 0 saturated carbocycles. The third-order valence-electron chi connectivity index (χ3n) is 2.49. The average Bonchev–Trinajstić information content (AvgIpc) is 2.10. The highest BCUT2D eigenvalue weighted by atomic mass is 16.6. The minimum absolute atomic E-state index is 0.275. The zero-order chi connectivity index (χ0) is 16.1. The minimum atomic E-state index is -1.06. The molecule has 0 saturated heterocycles. The maximum Gasteiger partial charge on any atom is 0.410 e. The van der Waals surface area contributed by atoms with Gasteiger partial charge in [0.25, 0.3) is 0 Å². The van der Waals surface area contributed by atoms with E-state index >= 15 is 0 Å². The summed E-state index contributed by atoms with van der Waals surface area (Å²) in [5.41, 5.74) is -0.735. The highest BCUT2D eigenvalue weighted by Gasteiger charge is 2.31. The Morgan fingerprint density at radius 3 is 1.60 bits per heavy atom. The van der Waals surface area contributed by atoms with Gasteiger partial charge in [-0.2, -0.15) is 0 Å². The summed E-state index contributed by atoms with van der Waals surface area (Å²) in [5.74, 6) is -2.12. The first-order chi connectivity index (χ1) is 8.94. The van der Waals surface area contributed by atoms with Crippen LogP contribution in [0.15, 0.2) is 0 Å². The predicted octanol–water partition coefficient (Wildman–Crippen LogP) is 1.95. The third kappa shape index (κ3) is 6.96. The summed E-state index contributed by atoms with van der Waals surface area (Å²) in [6, 6.07) is -1.31. The molecule has 0 aromatic rings. The average molecular weight is 289 g/mol. The van der Waals surface area contributed by atoms with Crippen molar-refractivity contribution in [2.24, 2.45) is 0 Å². The van der Waals surface area contributed by atoms with Gasteiger partial charge in [-0.25, -0.2) is 4.79 Å². The van der Waals surface area contributed by atoms with Gasteiger partial charge in [0.2, 0.25) is 0 Å². The van der Waals surface area contributed by atoms with Crippen LogP contribution in [0.5, 0.6) is 0 Å². The molecular formula is C13H23NO6. The lowest BCUT2D eigenvalue weighted by molar-refractivity contribution is -0.138. The molecule has 0 heterocycles. The van der Waals surface area contributed by atoms with Crippen molar-refractivity contribution in [3.8, 4) is 0 Å². The highest BCUT2D eigenvalue weighted by molar-refractivity contribution is 5.73. The second kappa shape index (κ2) is 7.12. The summed E-state index contributed by atoms with van der Waals surface area (Å²) >= 11 is 0. The number of carboxylic acid groups (broad SMARTS) is 2. The number of ether oxygens (including phenoxy) is 1. The Morgan fingerprint density at radius 2 is 1.35 bits per heavy atom. The Labute approximate surface area is 118 Å². The lowest BCUT2D eigenvalue weighted by Crippen LogP contribution is -2.48. The number of aliphatic carboxylic acids is 2. The van der Waals surface area contributed by atoms with Gasteiger partial charge >= 0.3 is 18.0 Å². The van der Waals surface area contributed by atoms with Crippen molar-refractivity contribution in [2.45, 2.75) is 65.1 Å². The van der Waals surface area contributed by atoms with E-state index in [2.05, 4.69) is 0 Å². The van der Waals surface area contributed by atoms with Crippen LogP contribution in [0.4, 0.5) is 4.79 Å².